The predicted octanol–water partition coefficient (Wildman–Crippen LogP) is 0.939. The van der Waals surface area contributed by atoms with Crippen molar-refractivity contribution >= 4 is 11.0 Å². The van der Waals surface area contributed by atoms with Crippen molar-refractivity contribution in [3.63, 3.8) is 0 Å². The molecular weight excluding hydrogens is 178 g/mol. The van der Waals surface area contributed by atoms with Crippen molar-refractivity contribution in [2.24, 2.45) is 0 Å². The summed E-state index contributed by atoms with van der Waals surface area (Å²) in [5, 5.41) is 4.33. The van der Waals surface area contributed by atoms with E-state index in [0.717, 1.165) is 11.0 Å². The fourth-order valence-electron chi connectivity index (χ4n) is 1.33. The van der Waals surface area contributed by atoms with Crippen molar-refractivity contribution in [3.8, 4) is 0 Å². The molecule has 0 radical (unpaired) electrons. The standard InChI is InChI=1S/C9H7N5/c1-2-8-9(11-3-1)6-14(12-8)13-5-4-10-7-13/h1-7H. The summed E-state index contributed by atoms with van der Waals surface area (Å²) < 4.78 is 1.78. The van der Waals surface area contributed by atoms with Gasteiger partial charge in [0.05, 0.1) is 6.20 Å². The highest BCUT2D eigenvalue weighted by Crippen LogP contribution is 2.07. The zero-order valence-corrected chi connectivity index (χ0v) is 7.28. The number of hydrogen-bond acceptors (Lipinski definition) is 3. The van der Waals surface area contributed by atoms with Crippen LogP contribution in [0.5, 0.6) is 0 Å². The van der Waals surface area contributed by atoms with Gasteiger partial charge in [-0.3, -0.25) is 4.98 Å². The quantitative estimate of drug-likeness (QED) is 0.566. The van der Waals surface area contributed by atoms with E-state index in [1.807, 2.05) is 24.5 Å². The Morgan fingerprint density at radius 1 is 1.14 bits per heavy atom. The zero-order valence-electron chi connectivity index (χ0n) is 7.28. The lowest BCUT2D eigenvalue weighted by atomic mass is 10.4. The van der Waals surface area contributed by atoms with Crippen LogP contribution in [0.2, 0.25) is 0 Å². The number of nitrogens with zero attached hydrogens (tertiary/aromatic N) is 5. The van der Waals surface area contributed by atoms with Crippen LogP contribution in [0, 0.1) is 0 Å². The fraction of sp³-hybridized carbons (Fsp3) is 0. The predicted molar refractivity (Wildman–Crippen MR) is 50.6 cm³/mol. The Kier molecular flexibility index (Phi) is 1.38. The van der Waals surface area contributed by atoms with Crippen LogP contribution in [-0.2, 0) is 0 Å². The maximum absolute atomic E-state index is 4.33. The second-order valence-electron chi connectivity index (χ2n) is 2.90. The second-order valence-corrected chi connectivity index (χ2v) is 2.90. The molecule has 0 N–H and O–H groups in total. The average Bonchev–Trinajstić information content (AvgIpc) is 2.86. The van der Waals surface area contributed by atoms with Crippen molar-refractivity contribution < 1.29 is 0 Å². The number of hydrogen-bond donors (Lipinski definition) is 0. The molecule has 0 bridgehead atoms. The van der Waals surface area contributed by atoms with E-state index in [0.29, 0.717) is 0 Å². The molecule has 3 heterocycles. The number of imidazole rings is 1. The number of aromatic nitrogens is 5. The largest absolute Gasteiger partial charge is 0.253 e. The normalized spacial score (nSPS) is 10.9. The zero-order chi connectivity index (χ0) is 9.38. The minimum absolute atomic E-state index is 0.876. The molecule has 0 spiro atoms. The van der Waals surface area contributed by atoms with E-state index in [1.165, 1.54) is 0 Å². The Morgan fingerprint density at radius 2 is 2.14 bits per heavy atom. The van der Waals surface area contributed by atoms with Crippen molar-refractivity contribution in [2.75, 3.05) is 0 Å². The molecule has 0 amide bonds. The highest BCUT2D eigenvalue weighted by molar-refractivity contribution is 5.72. The molecular formula is C9H7N5. The summed E-state index contributed by atoms with van der Waals surface area (Å²) in [4.78, 5) is 9.84. The third kappa shape index (κ3) is 0.990. The first-order chi connectivity index (χ1) is 6.93. The lowest BCUT2D eigenvalue weighted by Gasteiger charge is -1.97. The van der Waals surface area contributed by atoms with Gasteiger partial charge in [0.2, 0.25) is 0 Å². The van der Waals surface area contributed by atoms with Crippen LogP contribution in [0.15, 0.2) is 43.2 Å². The summed E-state index contributed by atoms with van der Waals surface area (Å²) in [6, 6.07) is 3.79. The maximum Gasteiger partial charge on any atom is 0.116 e. The monoisotopic (exact) mass is 185 g/mol. The molecule has 0 unspecified atom stereocenters. The Bertz CT molecular complexity index is 518. The van der Waals surface area contributed by atoms with Gasteiger partial charge in [-0.2, -0.15) is 9.89 Å². The molecule has 0 aromatic carbocycles. The summed E-state index contributed by atoms with van der Waals surface area (Å²) in [5.41, 5.74) is 1.75. The van der Waals surface area contributed by atoms with E-state index in [9.17, 15) is 0 Å². The molecule has 3 aromatic heterocycles. The van der Waals surface area contributed by atoms with E-state index < -0.39 is 0 Å². The summed E-state index contributed by atoms with van der Waals surface area (Å²) in [7, 11) is 0. The van der Waals surface area contributed by atoms with Crippen molar-refractivity contribution in [1.29, 1.82) is 0 Å². The highest BCUT2D eigenvalue weighted by atomic mass is 15.6. The van der Waals surface area contributed by atoms with Crippen LogP contribution in [0.1, 0.15) is 0 Å². The third-order valence-corrected chi connectivity index (χ3v) is 1.99. The molecule has 3 rings (SSSR count). The van der Waals surface area contributed by atoms with Gasteiger partial charge in [0.25, 0.3) is 0 Å². The van der Waals surface area contributed by atoms with Gasteiger partial charge in [-0.15, -0.1) is 0 Å². The topological polar surface area (TPSA) is 48.5 Å². The van der Waals surface area contributed by atoms with E-state index in [2.05, 4.69) is 15.1 Å². The maximum atomic E-state index is 4.33. The summed E-state index contributed by atoms with van der Waals surface area (Å²) in [6.07, 6.45) is 8.83. The van der Waals surface area contributed by atoms with Gasteiger partial charge in [0.1, 0.15) is 17.4 Å². The molecule has 0 saturated carbocycles. The van der Waals surface area contributed by atoms with Gasteiger partial charge in [0, 0.05) is 18.6 Å². The Labute approximate surface area is 79.6 Å². The van der Waals surface area contributed by atoms with E-state index in [-0.39, 0.29) is 0 Å². The van der Waals surface area contributed by atoms with Crippen LogP contribution in [0.4, 0.5) is 0 Å². The fourth-order valence-corrected chi connectivity index (χ4v) is 1.33. The molecule has 0 saturated heterocycles. The summed E-state index contributed by atoms with van der Waals surface area (Å²) in [5.74, 6) is 0. The molecule has 68 valence electrons. The molecule has 0 atom stereocenters. The van der Waals surface area contributed by atoms with Crippen LogP contribution in [0.25, 0.3) is 11.0 Å². The van der Waals surface area contributed by atoms with Gasteiger partial charge in [0.15, 0.2) is 0 Å². The molecule has 14 heavy (non-hydrogen) atoms. The van der Waals surface area contributed by atoms with E-state index in [4.69, 9.17) is 0 Å². The van der Waals surface area contributed by atoms with Gasteiger partial charge >= 0.3 is 0 Å². The van der Waals surface area contributed by atoms with Crippen molar-refractivity contribution in [2.45, 2.75) is 0 Å². The molecule has 0 aliphatic heterocycles. The molecule has 0 aliphatic rings. The van der Waals surface area contributed by atoms with E-state index >= 15 is 0 Å². The minimum atomic E-state index is 0.876. The Balaban J connectivity index is 2.24. The lowest BCUT2D eigenvalue weighted by molar-refractivity contribution is 0.579. The SMILES string of the molecule is c1cnc2cn(-n3ccnc3)nc2c1. The molecule has 5 nitrogen and oxygen atoms in total. The molecule has 3 aromatic rings. The smallest absolute Gasteiger partial charge is 0.116 e. The van der Waals surface area contributed by atoms with Crippen LogP contribution >= 0.6 is 0 Å². The highest BCUT2D eigenvalue weighted by Gasteiger charge is 2.00. The lowest BCUT2D eigenvalue weighted by Crippen LogP contribution is -2.06. The van der Waals surface area contributed by atoms with Gasteiger partial charge in [-0.1, -0.05) is 0 Å². The molecule has 0 fully saturated rings. The van der Waals surface area contributed by atoms with Crippen molar-refractivity contribution in [1.82, 2.24) is 24.5 Å². The third-order valence-electron chi connectivity index (χ3n) is 1.99. The molecule has 5 heteroatoms. The summed E-state index contributed by atoms with van der Waals surface area (Å²) >= 11 is 0. The van der Waals surface area contributed by atoms with E-state index in [1.54, 1.807) is 28.2 Å². The Hall–Kier alpha value is -2.17. The second kappa shape index (κ2) is 2.66. The summed E-state index contributed by atoms with van der Waals surface area (Å²) in [6.45, 7) is 0. The van der Waals surface area contributed by atoms with Crippen LogP contribution in [0.3, 0.4) is 0 Å². The van der Waals surface area contributed by atoms with Gasteiger partial charge in [-0.05, 0) is 12.1 Å². The first-order valence-corrected chi connectivity index (χ1v) is 4.22. The first-order valence-electron chi connectivity index (χ1n) is 4.22. The minimum Gasteiger partial charge on any atom is -0.253 e. The van der Waals surface area contributed by atoms with Gasteiger partial charge < -0.3 is 0 Å². The van der Waals surface area contributed by atoms with Gasteiger partial charge in [-0.25, -0.2) is 9.66 Å². The molecule has 0 aliphatic carbocycles. The number of fused-ring (bicyclic) bond motifs is 1. The Morgan fingerprint density at radius 3 is 2.93 bits per heavy atom. The van der Waals surface area contributed by atoms with Crippen molar-refractivity contribution in [3.05, 3.63) is 43.2 Å². The first kappa shape index (κ1) is 7.25. The number of pyridine rings is 1. The number of rotatable bonds is 1. The van der Waals surface area contributed by atoms with Crippen LogP contribution < -0.4 is 0 Å². The average molecular weight is 185 g/mol. The van der Waals surface area contributed by atoms with Crippen LogP contribution in [-0.4, -0.2) is 24.5 Å².